The monoisotopic (exact) mass is 417 g/mol. The van der Waals surface area contributed by atoms with E-state index in [1.165, 1.54) is 18.7 Å². The lowest BCUT2D eigenvalue weighted by atomic mass is 10.1. The van der Waals surface area contributed by atoms with Crippen LogP contribution in [0.5, 0.6) is 0 Å². The molecule has 1 unspecified atom stereocenters. The van der Waals surface area contributed by atoms with Crippen molar-refractivity contribution in [3.05, 3.63) is 53.9 Å². The molecule has 1 aliphatic rings. The predicted octanol–water partition coefficient (Wildman–Crippen LogP) is 4.09. The molecule has 0 spiro atoms. The molecule has 156 valence electrons. The summed E-state index contributed by atoms with van der Waals surface area (Å²) in [5.41, 5.74) is 2.23. The number of amides is 1. The quantitative estimate of drug-likeness (QED) is 0.525. The fourth-order valence-electron chi connectivity index (χ4n) is 3.21. The highest BCUT2D eigenvalue weighted by atomic mass is 19.4. The van der Waals surface area contributed by atoms with Crippen LogP contribution in [0.3, 0.4) is 0 Å². The van der Waals surface area contributed by atoms with Gasteiger partial charge in [0.25, 0.3) is 5.91 Å². The first kappa shape index (κ1) is 19.9. The van der Waals surface area contributed by atoms with Crippen LogP contribution in [-0.4, -0.2) is 38.8 Å². The van der Waals surface area contributed by atoms with Gasteiger partial charge in [-0.2, -0.15) is 13.2 Å². The fraction of sp³-hybridized carbons (Fsp3) is 0.300. The molecule has 3 aromatic rings. The molecule has 0 saturated heterocycles. The highest BCUT2D eigenvalue weighted by molar-refractivity contribution is 6.15. The van der Waals surface area contributed by atoms with E-state index in [0.717, 1.165) is 0 Å². The van der Waals surface area contributed by atoms with Gasteiger partial charge in [0.1, 0.15) is 23.1 Å². The number of aromatic nitrogens is 3. The molecule has 0 bridgehead atoms. The van der Waals surface area contributed by atoms with Crippen LogP contribution in [0, 0.1) is 11.3 Å². The number of rotatable bonds is 6. The van der Waals surface area contributed by atoms with E-state index in [1.54, 1.807) is 25.1 Å². The molecule has 2 heterocycles. The van der Waals surface area contributed by atoms with E-state index >= 15 is 0 Å². The third-order valence-corrected chi connectivity index (χ3v) is 4.93. The van der Waals surface area contributed by atoms with E-state index in [1.807, 2.05) is 0 Å². The molecule has 2 aromatic heterocycles. The minimum Gasteiger partial charge on any atom is -0.443 e. The summed E-state index contributed by atoms with van der Waals surface area (Å²) in [5, 5.41) is 10.4. The number of fused-ring (bicyclic) bond motifs is 1. The number of halogens is 3. The molecular formula is C20H18F3N5O2. The van der Waals surface area contributed by atoms with Crippen LogP contribution in [0.2, 0.25) is 0 Å². The van der Waals surface area contributed by atoms with Gasteiger partial charge in [0.2, 0.25) is 0 Å². The van der Waals surface area contributed by atoms with Crippen molar-refractivity contribution in [1.29, 1.82) is 5.41 Å². The number of alkyl halides is 3. The van der Waals surface area contributed by atoms with Gasteiger partial charge in [-0.3, -0.25) is 4.79 Å². The Labute approximate surface area is 168 Å². The minimum absolute atomic E-state index is 0.0727. The molecule has 7 nitrogen and oxygen atoms in total. The highest BCUT2D eigenvalue weighted by Gasteiger charge is 2.49. The summed E-state index contributed by atoms with van der Waals surface area (Å²) in [7, 11) is 0. The zero-order valence-electron chi connectivity index (χ0n) is 15.9. The zero-order valence-corrected chi connectivity index (χ0v) is 15.9. The molecule has 10 heteroatoms. The minimum atomic E-state index is -4.49. The van der Waals surface area contributed by atoms with E-state index in [9.17, 15) is 18.0 Å². The Morgan fingerprint density at radius 1 is 1.37 bits per heavy atom. The van der Waals surface area contributed by atoms with Gasteiger partial charge in [-0.15, -0.1) is 0 Å². The first-order valence-electron chi connectivity index (χ1n) is 9.26. The molecule has 4 rings (SSSR count). The van der Waals surface area contributed by atoms with Crippen molar-refractivity contribution < 1.29 is 22.4 Å². The molecule has 3 N–H and O–H groups in total. The summed E-state index contributed by atoms with van der Waals surface area (Å²) >= 11 is 0. The molecule has 1 atom stereocenters. The lowest BCUT2D eigenvalue weighted by Gasteiger charge is -2.20. The number of carbonyl (C=O) groups excluding carboxylic acids is 1. The Hall–Kier alpha value is -3.43. The van der Waals surface area contributed by atoms with Crippen LogP contribution in [0.1, 0.15) is 41.6 Å². The molecule has 1 aromatic carbocycles. The van der Waals surface area contributed by atoms with Crippen molar-refractivity contribution in [3.63, 3.8) is 0 Å². The fourth-order valence-corrected chi connectivity index (χ4v) is 3.21. The number of carbonyl (C=O) groups is 1. The van der Waals surface area contributed by atoms with Gasteiger partial charge >= 0.3 is 6.18 Å². The second-order valence-corrected chi connectivity index (χ2v) is 7.22. The summed E-state index contributed by atoms with van der Waals surface area (Å²) < 4.78 is 44.7. The first-order chi connectivity index (χ1) is 14.2. The van der Waals surface area contributed by atoms with Crippen LogP contribution >= 0.6 is 0 Å². The summed E-state index contributed by atoms with van der Waals surface area (Å²) in [6, 6.07) is 3.38. The molecule has 30 heavy (non-hydrogen) atoms. The third-order valence-electron chi connectivity index (χ3n) is 4.93. The van der Waals surface area contributed by atoms with Gasteiger partial charge in [0, 0.05) is 5.56 Å². The van der Waals surface area contributed by atoms with Gasteiger partial charge in [0.05, 0.1) is 11.9 Å². The largest absolute Gasteiger partial charge is 0.443 e. The predicted molar refractivity (Wildman–Crippen MR) is 103 cm³/mol. The second-order valence-electron chi connectivity index (χ2n) is 7.22. The van der Waals surface area contributed by atoms with Crippen LogP contribution < -0.4 is 5.32 Å². The van der Waals surface area contributed by atoms with E-state index in [4.69, 9.17) is 9.83 Å². The van der Waals surface area contributed by atoms with Gasteiger partial charge in [-0.25, -0.2) is 9.97 Å². The maximum Gasteiger partial charge on any atom is 0.408 e. The van der Waals surface area contributed by atoms with Crippen LogP contribution in [-0.2, 0) is 0 Å². The Bertz CT molecular complexity index is 1140. The van der Waals surface area contributed by atoms with Crippen molar-refractivity contribution in [1.82, 2.24) is 20.3 Å². The summed E-state index contributed by atoms with van der Waals surface area (Å²) in [6.45, 7) is 1.68. The Morgan fingerprint density at radius 3 is 2.83 bits per heavy atom. The number of oxazole rings is 1. The van der Waals surface area contributed by atoms with E-state index < -0.39 is 24.0 Å². The molecule has 1 fully saturated rings. The molecule has 1 saturated carbocycles. The average Bonchev–Trinajstić information content (AvgIpc) is 3.19. The molecule has 1 aliphatic carbocycles. The number of aromatic amines is 1. The van der Waals surface area contributed by atoms with Crippen molar-refractivity contribution >= 4 is 28.3 Å². The summed E-state index contributed by atoms with van der Waals surface area (Å²) in [5.74, 6) is -1.15. The maximum absolute atomic E-state index is 13.1. The Kier molecular flexibility index (Phi) is 4.92. The number of H-pyrrole nitrogens is 1. The lowest BCUT2D eigenvalue weighted by molar-refractivity contribution is -0.158. The van der Waals surface area contributed by atoms with Gasteiger partial charge in [-0.1, -0.05) is 6.07 Å². The molecule has 1 amide bonds. The smallest absolute Gasteiger partial charge is 0.408 e. The van der Waals surface area contributed by atoms with Crippen molar-refractivity contribution in [3.8, 4) is 0 Å². The number of hydrogen-bond acceptors (Lipinski definition) is 5. The molecule has 0 aliphatic heterocycles. The lowest BCUT2D eigenvalue weighted by Crippen LogP contribution is -2.47. The van der Waals surface area contributed by atoms with E-state index in [-0.39, 0.29) is 17.2 Å². The van der Waals surface area contributed by atoms with Crippen LogP contribution in [0.15, 0.2) is 41.3 Å². The number of nitrogens with one attached hydrogen (secondary N) is 3. The standard InChI is InChI=1S/C20H18F3N5O2/c1-10(7-13(24)12-3-2-4-14-16(12)30-9-26-14)18-25-8-15(27-18)19(29)28-17(11-5-6-11)20(21,22)23/h2-4,7-9,11,17,24H,5-6H2,1H3,(H,25,27)(H,28,29)/b10-7-,24-13?. The van der Waals surface area contributed by atoms with Crippen molar-refractivity contribution in [2.24, 2.45) is 5.92 Å². The summed E-state index contributed by atoms with van der Waals surface area (Å²) in [6.07, 6.45) is 0.405. The van der Waals surface area contributed by atoms with E-state index in [0.29, 0.717) is 35.1 Å². The number of imidazole rings is 1. The van der Waals surface area contributed by atoms with Gasteiger partial charge in [-0.05, 0) is 49.5 Å². The van der Waals surface area contributed by atoms with E-state index in [2.05, 4.69) is 20.3 Å². The van der Waals surface area contributed by atoms with Gasteiger partial charge in [0.15, 0.2) is 12.0 Å². The second kappa shape index (κ2) is 7.43. The third kappa shape index (κ3) is 3.98. The maximum atomic E-state index is 13.1. The first-order valence-corrected chi connectivity index (χ1v) is 9.26. The Morgan fingerprint density at radius 2 is 2.13 bits per heavy atom. The Balaban J connectivity index is 1.51. The number of benzene rings is 1. The highest BCUT2D eigenvalue weighted by Crippen LogP contribution is 2.40. The summed E-state index contributed by atoms with van der Waals surface area (Å²) in [4.78, 5) is 23.1. The van der Waals surface area contributed by atoms with Crippen molar-refractivity contribution in [2.75, 3.05) is 0 Å². The van der Waals surface area contributed by atoms with Crippen LogP contribution in [0.25, 0.3) is 16.7 Å². The topological polar surface area (TPSA) is 108 Å². The molecule has 0 radical (unpaired) electrons. The number of allylic oxidation sites excluding steroid dienone is 2. The van der Waals surface area contributed by atoms with Crippen molar-refractivity contribution in [2.45, 2.75) is 32.0 Å². The SMILES string of the molecule is C/C(=C/C(=N)c1cccc2ncoc12)c1ncc(C(=O)NC(C2CC2)C(F)(F)F)[nH]1. The molecular weight excluding hydrogens is 399 g/mol. The average molecular weight is 417 g/mol. The normalized spacial score (nSPS) is 15.9. The number of hydrogen-bond donors (Lipinski definition) is 3. The zero-order chi connectivity index (χ0) is 21.5. The van der Waals surface area contributed by atoms with Gasteiger partial charge < -0.3 is 20.1 Å². The number of nitrogens with zero attached hydrogens (tertiary/aromatic N) is 2. The number of para-hydroxylation sites is 1. The van der Waals surface area contributed by atoms with Crippen LogP contribution in [0.4, 0.5) is 13.2 Å².